The van der Waals surface area contributed by atoms with Gasteiger partial charge in [-0.2, -0.15) is 13.2 Å². The zero-order valence-electron chi connectivity index (χ0n) is 22.0. The fourth-order valence-corrected chi connectivity index (χ4v) is 5.80. The number of anilines is 1. The highest BCUT2D eigenvalue weighted by molar-refractivity contribution is 7.89. The zero-order valence-corrected chi connectivity index (χ0v) is 22.9. The van der Waals surface area contributed by atoms with Gasteiger partial charge in [-0.15, -0.1) is 0 Å². The zero-order chi connectivity index (χ0) is 28.9. The second-order valence-corrected chi connectivity index (χ2v) is 11.3. The SMILES string of the molecule is COc1ccc(S(=O)(=O)NCCCN2CCOCC2)cc1N1CCN(C(=O)c2cc(F)cc(C(F)(F)F)c2)CC1. The molecule has 2 heterocycles. The summed E-state index contributed by atoms with van der Waals surface area (Å²) in [5.41, 5.74) is -1.10. The number of methoxy groups -OCH3 is 1. The monoisotopic (exact) mass is 588 g/mol. The van der Waals surface area contributed by atoms with E-state index in [1.807, 2.05) is 4.90 Å². The van der Waals surface area contributed by atoms with Crippen molar-refractivity contribution in [1.29, 1.82) is 0 Å². The lowest BCUT2D eigenvalue weighted by molar-refractivity contribution is -0.137. The Morgan fingerprint density at radius 3 is 2.38 bits per heavy atom. The number of carbonyl (C=O) groups excluding carboxylic acids is 1. The normalized spacial score (nSPS) is 17.2. The maximum atomic E-state index is 13.8. The van der Waals surface area contributed by atoms with Crippen molar-refractivity contribution in [2.45, 2.75) is 17.5 Å². The van der Waals surface area contributed by atoms with Gasteiger partial charge in [-0.1, -0.05) is 0 Å². The van der Waals surface area contributed by atoms with Gasteiger partial charge in [0.25, 0.3) is 5.91 Å². The molecule has 2 aliphatic heterocycles. The minimum Gasteiger partial charge on any atom is -0.495 e. The molecule has 2 aromatic rings. The van der Waals surface area contributed by atoms with Crippen molar-refractivity contribution in [3.63, 3.8) is 0 Å². The number of sulfonamides is 1. The van der Waals surface area contributed by atoms with Gasteiger partial charge in [0.05, 0.1) is 36.5 Å². The number of ether oxygens (including phenoxy) is 2. The van der Waals surface area contributed by atoms with Crippen molar-refractivity contribution < 1.29 is 40.2 Å². The number of hydrogen-bond donors (Lipinski definition) is 1. The average molecular weight is 589 g/mol. The van der Waals surface area contributed by atoms with E-state index >= 15 is 0 Å². The molecular weight excluding hydrogens is 556 g/mol. The summed E-state index contributed by atoms with van der Waals surface area (Å²) < 4.78 is 92.4. The van der Waals surface area contributed by atoms with E-state index in [1.54, 1.807) is 6.07 Å². The van der Waals surface area contributed by atoms with Gasteiger partial charge in [0.15, 0.2) is 0 Å². The van der Waals surface area contributed by atoms with E-state index in [2.05, 4.69) is 9.62 Å². The number of piperazine rings is 1. The molecule has 0 saturated carbocycles. The van der Waals surface area contributed by atoms with E-state index in [0.29, 0.717) is 43.2 Å². The molecule has 4 rings (SSSR count). The Morgan fingerprint density at radius 2 is 1.73 bits per heavy atom. The predicted molar refractivity (Wildman–Crippen MR) is 140 cm³/mol. The first-order valence-electron chi connectivity index (χ1n) is 12.9. The van der Waals surface area contributed by atoms with Crippen LogP contribution in [-0.4, -0.2) is 96.8 Å². The van der Waals surface area contributed by atoms with Crippen LogP contribution in [0.25, 0.3) is 0 Å². The van der Waals surface area contributed by atoms with E-state index in [-0.39, 0.29) is 43.2 Å². The van der Waals surface area contributed by atoms with E-state index in [0.717, 1.165) is 25.7 Å². The van der Waals surface area contributed by atoms with Crippen molar-refractivity contribution in [3.8, 4) is 5.75 Å². The first-order valence-corrected chi connectivity index (χ1v) is 14.4. The number of alkyl halides is 3. The van der Waals surface area contributed by atoms with E-state index in [9.17, 15) is 30.8 Å². The predicted octanol–water partition coefficient (Wildman–Crippen LogP) is 2.82. The molecule has 2 fully saturated rings. The standard InChI is InChI=1S/C26H32F4N4O5S/c1-38-24-4-3-22(40(36,37)31-5-2-6-32-11-13-39-14-12-32)18-23(24)33-7-9-34(10-8-33)25(35)19-15-20(26(28,29)30)17-21(27)16-19/h3-4,15-18,31H,2,5-14H2,1H3. The second kappa shape index (κ2) is 12.7. The third-order valence-corrected chi connectivity index (χ3v) is 8.35. The van der Waals surface area contributed by atoms with Gasteiger partial charge in [0.2, 0.25) is 10.0 Å². The van der Waals surface area contributed by atoms with E-state index in [4.69, 9.17) is 9.47 Å². The lowest BCUT2D eigenvalue weighted by atomic mass is 10.1. The van der Waals surface area contributed by atoms with Crippen LogP contribution >= 0.6 is 0 Å². The number of nitrogens with one attached hydrogen (secondary N) is 1. The number of morpholine rings is 1. The molecule has 0 aliphatic carbocycles. The summed E-state index contributed by atoms with van der Waals surface area (Å²) in [6, 6.07) is 6.29. The molecule has 0 spiro atoms. The van der Waals surface area contributed by atoms with Crippen molar-refractivity contribution in [2.75, 3.05) is 77.6 Å². The molecule has 1 amide bonds. The molecule has 0 radical (unpaired) electrons. The number of nitrogens with zero attached hydrogens (tertiary/aromatic N) is 3. The van der Waals surface area contributed by atoms with Crippen molar-refractivity contribution in [2.24, 2.45) is 0 Å². The van der Waals surface area contributed by atoms with Gasteiger partial charge in [-0.25, -0.2) is 17.5 Å². The number of rotatable bonds is 9. The molecule has 0 bridgehead atoms. The smallest absolute Gasteiger partial charge is 0.416 e. The van der Waals surface area contributed by atoms with Gasteiger partial charge in [0.1, 0.15) is 11.6 Å². The highest BCUT2D eigenvalue weighted by Gasteiger charge is 2.33. The Labute approximate surface area is 230 Å². The third-order valence-electron chi connectivity index (χ3n) is 6.89. The first-order chi connectivity index (χ1) is 19.0. The lowest BCUT2D eigenvalue weighted by Gasteiger charge is -2.37. The van der Waals surface area contributed by atoms with Gasteiger partial charge in [-0.05, 0) is 49.4 Å². The molecule has 0 atom stereocenters. The average Bonchev–Trinajstić information content (AvgIpc) is 2.94. The van der Waals surface area contributed by atoms with E-state index in [1.165, 1.54) is 24.1 Å². The van der Waals surface area contributed by atoms with Crippen LogP contribution in [0.2, 0.25) is 0 Å². The molecule has 9 nitrogen and oxygen atoms in total. The summed E-state index contributed by atoms with van der Waals surface area (Å²) in [5, 5.41) is 0. The molecule has 14 heteroatoms. The van der Waals surface area contributed by atoms with Crippen LogP contribution in [0.3, 0.4) is 0 Å². The largest absolute Gasteiger partial charge is 0.495 e. The first kappa shape index (κ1) is 30.0. The Morgan fingerprint density at radius 1 is 1.02 bits per heavy atom. The Balaban J connectivity index is 1.39. The highest BCUT2D eigenvalue weighted by Crippen LogP contribution is 2.33. The second-order valence-electron chi connectivity index (χ2n) is 9.54. The highest BCUT2D eigenvalue weighted by atomic mass is 32.2. The molecule has 0 aromatic heterocycles. The number of amides is 1. The van der Waals surface area contributed by atoms with Crippen LogP contribution in [0, 0.1) is 5.82 Å². The molecule has 220 valence electrons. The number of carbonyl (C=O) groups is 1. The number of halogens is 4. The van der Waals surface area contributed by atoms with Crippen LogP contribution in [-0.2, 0) is 20.9 Å². The molecule has 2 aliphatic rings. The molecule has 2 saturated heterocycles. The Bertz CT molecular complexity index is 1290. The van der Waals surface area contributed by atoms with Crippen LogP contribution in [0.1, 0.15) is 22.3 Å². The lowest BCUT2D eigenvalue weighted by Crippen LogP contribution is -2.49. The molecular formula is C26H32F4N4O5S. The summed E-state index contributed by atoms with van der Waals surface area (Å²) in [4.78, 5) is 18.3. The molecule has 1 N–H and O–H groups in total. The topological polar surface area (TPSA) is 91.4 Å². The summed E-state index contributed by atoms with van der Waals surface area (Å²) in [6.45, 7) is 4.83. The molecule has 2 aromatic carbocycles. The van der Waals surface area contributed by atoms with Crippen molar-refractivity contribution in [1.82, 2.24) is 14.5 Å². The fourth-order valence-electron chi connectivity index (χ4n) is 4.71. The quantitative estimate of drug-likeness (QED) is 0.356. The van der Waals surface area contributed by atoms with E-state index < -0.39 is 33.5 Å². The van der Waals surface area contributed by atoms with Gasteiger partial charge < -0.3 is 19.3 Å². The van der Waals surface area contributed by atoms with Crippen LogP contribution < -0.4 is 14.4 Å². The summed E-state index contributed by atoms with van der Waals surface area (Å²) in [7, 11) is -2.34. The van der Waals surface area contributed by atoms with Gasteiger partial charge in [-0.3, -0.25) is 9.69 Å². The van der Waals surface area contributed by atoms with Crippen LogP contribution in [0.15, 0.2) is 41.3 Å². The molecule has 40 heavy (non-hydrogen) atoms. The maximum Gasteiger partial charge on any atom is 0.416 e. The number of benzene rings is 2. The Kier molecular flexibility index (Phi) is 9.54. The van der Waals surface area contributed by atoms with Crippen LogP contribution in [0.5, 0.6) is 5.75 Å². The fraction of sp³-hybridized carbons (Fsp3) is 0.500. The van der Waals surface area contributed by atoms with Crippen LogP contribution in [0.4, 0.5) is 23.2 Å². The van der Waals surface area contributed by atoms with Crippen molar-refractivity contribution in [3.05, 3.63) is 53.3 Å². The minimum absolute atomic E-state index is 0.0626. The molecule has 0 unspecified atom stereocenters. The van der Waals surface area contributed by atoms with Gasteiger partial charge in [0, 0.05) is 51.4 Å². The summed E-state index contributed by atoms with van der Waals surface area (Å²) in [6.07, 6.45) is -4.14. The summed E-state index contributed by atoms with van der Waals surface area (Å²) in [5.74, 6) is -1.42. The Hall–Kier alpha value is -2.94. The van der Waals surface area contributed by atoms with Crippen molar-refractivity contribution >= 4 is 21.6 Å². The maximum absolute atomic E-state index is 13.8. The minimum atomic E-state index is -4.78. The third kappa shape index (κ3) is 7.42. The number of hydrogen-bond acceptors (Lipinski definition) is 7. The summed E-state index contributed by atoms with van der Waals surface area (Å²) >= 11 is 0. The van der Waals surface area contributed by atoms with Gasteiger partial charge >= 0.3 is 6.18 Å².